The van der Waals surface area contributed by atoms with Gasteiger partial charge in [-0.3, -0.25) is 4.90 Å². The van der Waals surface area contributed by atoms with Crippen molar-refractivity contribution in [3.05, 3.63) is 0 Å². The number of ether oxygens (including phenoxy) is 1. The van der Waals surface area contributed by atoms with E-state index in [1.807, 2.05) is 0 Å². The molecular formula is C14H27F3N2O. The fraction of sp³-hybridized carbons (Fsp3) is 1.00. The molecule has 0 saturated carbocycles. The highest BCUT2D eigenvalue weighted by molar-refractivity contribution is 4.87. The molecule has 1 fully saturated rings. The third-order valence-electron chi connectivity index (χ3n) is 3.80. The number of nitrogens with one attached hydrogen (secondary N) is 1. The first-order valence-corrected chi connectivity index (χ1v) is 7.45. The second kappa shape index (κ2) is 8.20. The van der Waals surface area contributed by atoms with Crippen LogP contribution in [0.15, 0.2) is 0 Å². The minimum absolute atomic E-state index is 0.172. The number of hydrogen-bond acceptors (Lipinski definition) is 3. The summed E-state index contributed by atoms with van der Waals surface area (Å²) in [6.07, 6.45) is -2.50. The second-order valence-corrected chi connectivity index (χ2v) is 5.84. The summed E-state index contributed by atoms with van der Waals surface area (Å²) in [4.78, 5) is 2.40. The fourth-order valence-corrected chi connectivity index (χ4v) is 2.65. The van der Waals surface area contributed by atoms with E-state index in [4.69, 9.17) is 0 Å². The van der Waals surface area contributed by atoms with E-state index in [2.05, 4.69) is 35.7 Å². The van der Waals surface area contributed by atoms with E-state index in [-0.39, 0.29) is 6.61 Å². The average molecular weight is 296 g/mol. The summed E-state index contributed by atoms with van der Waals surface area (Å²) < 4.78 is 40.5. The Balaban J connectivity index is 2.30. The number of piperazine rings is 1. The van der Waals surface area contributed by atoms with Crippen LogP contribution >= 0.6 is 0 Å². The standard InChI is InChI=1S/C14H27F3N2O/c1-4-12-9-19(13(8-18-12)11(2)3)6-5-7-20-10-14(15,16)17/h11-13,18H,4-10H2,1-3H3. The number of rotatable bonds is 7. The average Bonchev–Trinajstić information content (AvgIpc) is 2.36. The lowest BCUT2D eigenvalue weighted by Gasteiger charge is -2.42. The van der Waals surface area contributed by atoms with Gasteiger partial charge in [0, 0.05) is 38.3 Å². The van der Waals surface area contributed by atoms with Crippen LogP contribution in [-0.4, -0.2) is 56.0 Å². The topological polar surface area (TPSA) is 24.5 Å². The predicted molar refractivity (Wildman–Crippen MR) is 73.8 cm³/mol. The van der Waals surface area contributed by atoms with Gasteiger partial charge in [0.2, 0.25) is 0 Å². The van der Waals surface area contributed by atoms with Gasteiger partial charge < -0.3 is 10.1 Å². The van der Waals surface area contributed by atoms with E-state index in [0.717, 1.165) is 26.1 Å². The van der Waals surface area contributed by atoms with Crippen molar-refractivity contribution in [3.8, 4) is 0 Å². The van der Waals surface area contributed by atoms with E-state index < -0.39 is 12.8 Å². The van der Waals surface area contributed by atoms with Crippen molar-refractivity contribution in [2.45, 2.75) is 51.9 Å². The Bertz CT molecular complexity index is 272. The number of alkyl halides is 3. The maximum Gasteiger partial charge on any atom is 0.411 e. The maximum absolute atomic E-state index is 12.0. The molecular weight excluding hydrogens is 269 g/mol. The van der Waals surface area contributed by atoms with Gasteiger partial charge in [-0.25, -0.2) is 0 Å². The molecule has 0 aromatic heterocycles. The number of hydrogen-bond donors (Lipinski definition) is 1. The zero-order valence-electron chi connectivity index (χ0n) is 12.7. The largest absolute Gasteiger partial charge is 0.411 e. The molecule has 0 spiro atoms. The summed E-state index contributed by atoms with van der Waals surface area (Å²) in [6.45, 7) is 8.29. The molecule has 3 nitrogen and oxygen atoms in total. The van der Waals surface area contributed by atoms with Crippen LogP contribution in [-0.2, 0) is 4.74 Å². The minimum atomic E-state index is -4.22. The Labute approximate surface area is 119 Å². The lowest BCUT2D eigenvalue weighted by atomic mass is 9.97. The molecule has 0 aliphatic carbocycles. The van der Waals surface area contributed by atoms with Gasteiger partial charge in [0.05, 0.1) is 0 Å². The van der Waals surface area contributed by atoms with Crippen LogP contribution in [0.4, 0.5) is 13.2 Å². The van der Waals surface area contributed by atoms with Crippen molar-refractivity contribution in [1.29, 1.82) is 0 Å². The second-order valence-electron chi connectivity index (χ2n) is 5.84. The number of nitrogens with zero attached hydrogens (tertiary/aromatic N) is 1. The van der Waals surface area contributed by atoms with Crippen molar-refractivity contribution < 1.29 is 17.9 Å². The first-order chi connectivity index (χ1) is 9.33. The summed E-state index contributed by atoms with van der Waals surface area (Å²) in [6, 6.07) is 0.946. The first-order valence-electron chi connectivity index (χ1n) is 7.45. The van der Waals surface area contributed by atoms with E-state index in [0.29, 0.717) is 24.4 Å². The third kappa shape index (κ3) is 6.41. The molecule has 0 bridgehead atoms. The smallest absolute Gasteiger partial charge is 0.372 e. The summed E-state index contributed by atoms with van der Waals surface area (Å²) in [7, 11) is 0. The van der Waals surface area contributed by atoms with E-state index >= 15 is 0 Å². The van der Waals surface area contributed by atoms with Crippen molar-refractivity contribution in [1.82, 2.24) is 10.2 Å². The normalized spacial score (nSPS) is 25.4. The summed E-state index contributed by atoms with van der Waals surface area (Å²) >= 11 is 0. The first kappa shape index (κ1) is 17.7. The summed E-state index contributed by atoms with van der Waals surface area (Å²) in [5.41, 5.74) is 0. The van der Waals surface area contributed by atoms with E-state index in [9.17, 15) is 13.2 Å². The van der Waals surface area contributed by atoms with Gasteiger partial charge in [0.25, 0.3) is 0 Å². The fourth-order valence-electron chi connectivity index (χ4n) is 2.65. The van der Waals surface area contributed by atoms with Crippen molar-refractivity contribution in [3.63, 3.8) is 0 Å². The highest BCUT2D eigenvalue weighted by Crippen LogP contribution is 2.17. The third-order valence-corrected chi connectivity index (χ3v) is 3.80. The van der Waals surface area contributed by atoms with Gasteiger partial charge in [-0.05, 0) is 18.8 Å². The van der Waals surface area contributed by atoms with Crippen LogP contribution in [0.3, 0.4) is 0 Å². The quantitative estimate of drug-likeness (QED) is 0.731. The van der Waals surface area contributed by atoms with Crippen LogP contribution in [0.1, 0.15) is 33.6 Å². The molecule has 120 valence electrons. The van der Waals surface area contributed by atoms with Gasteiger partial charge in [-0.1, -0.05) is 20.8 Å². The molecule has 0 aromatic carbocycles. The van der Waals surface area contributed by atoms with Gasteiger partial charge in [-0.2, -0.15) is 13.2 Å². The molecule has 0 aromatic rings. The highest BCUT2D eigenvalue weighted by Gasteiger charge is 2.29. The van der Waals surface area contributed by atoms with Crippen LogP contribution in [0.2, 0.25) is 0 Å². The van der Waals surface area contributed by atoms with Crippen molar-refractivity contribution in [2.24, 2.45) is 5.92 Å². The van der Waals surface area contributed by atoms with Crippen molar-refractivity contribution in [2.75, 3.05) is 32.8 Å². The molecule has 1 N–H and O–H groups in total. The maximum atomic E-state index is 12.0. The van der Waals surface area contributed by atoms with Crippen molar-refractivity contribution >= 4 is 0 Å². The minimum Gasteiger partial charge on any atom is -0.372 e. The Kier molecular flexibility index (Phi) is 7.26. The predicted octanol–water partition coefficient (Wildman–Crippen LogP) is 2.66. The molecule has 2 atom stereocenters. The summed E-state index contributed by atoms with van der Waals surface area (Å²) in [5.74, 6) is 0.538. The van der Waals surface area contributed by atoms with Crippen LogP contribution in [0.5, 0.6) is 0 Å². The molecule has 6 heteroatoms. The summed E-state index contributed by atoms with van der Waals surface area (Å²) in [5, 5.41) is 3.53. The Morgan fingerprint density at radius 1 is 1.35 bits per heavy atom. The molecule has 0 amide bonds. The molecule has 2 unspecified atom stereocenters. The lowest BCUT2D eigenvalue weighted by Crippen LogP contribution is -2.58. The zero-order chi connectivity index (χ0) is 15.2. The van der Waals surface area contributed by atoms with E-state index in [1.165, 1.54) is 0 Å². The molecule has 1 aliphatic rings. The molecule has 20 heavy (non-hydrogen) atoms. The van der Waals surface area contributed by atoms with Gasteiger partial charge >= 0.3 is 6.18 Å². The monoisotopic (exact) mass is 296 g/mol. The highest BCUT2D eigenvalue weighted by atomic mass is 19.4. The van der Waals surface area contributed by atoms with Crippen LogP contribution in [0.25, 0.3) is 0 Å². The van der Waals surface area contributed by atoms with Crippen LogP contribution in [0, 0.1) is 5.92 Å². The Morgan fingerprint density at radius 3 is 2.60 bits per heavy atom. The van der Waals surface area contributed by atoms with Gasteiger partial charge in [0.1, 0.15) is 6.61 Å². The van der Waals surface area contributed by atoms with E-state index in [1.54, 1.807) is 0 Å². The molecule has 1 aliphatic heterocycles. The SMILES string of the molecule is CCC1CN(CCCOCC(F)(F)F)C(C(C)C)CN1. The lowest BCUT2D eigenvalue weighted by molar-refractivity contribution is -0.174. The van der Waals surface area contributed by atoms with Gasteiger partial charge in [-0.15, -0.1) is 0 Å². The zero-order valence-corrected chi connectivity index (χ0v) is 12.7. The Morgan fingerprint density at radius 2 is 2.05 bits per heavy atom. The molecule has 1 rings (SSSR count). The molecule has 0 radical (unpaired) electrons. The molecule has 1 saturated heterocycles. The van der Waals surface area contributed by atoms with Gasteiger partial charge in [0.15, 0.2) is 0 Å². The Hall–Kier alpha value is -0.330. The number of halogens is 3. The van der Waals surface area contributed by atoms with Crippen LogP contribution < -0.4 is 5.32 Å². The molecule has 1 heterocycles.